The molecule has 104 valence electrons. The van der Waals surface area contributed by atoms with Crippen molar-refractivity contribution in [1.82, 2.24) is 10.6 Å². The fourth-order valence-corrected chi connectivity index (χ4v) is 2.99. The number of carbonyl (C=O) groups excluding carboxylic acids is 1. The van der Waals surface area contributed by atoms with Gasteiger partial charge in [-0.1, -0.05) is 19.1 Å². The van der Waals surface area contributed by atoms with Crippen LogP contribution in [0.2, 0.25) is 0 Å². The van der Waals surface area contributed by atoms with E-state index in [1.165, 1.54) is 4.90 Å². The minimum atomic E-state index is -0.00244. The van der Waals surface area contributed by atoms with Crippen LogP contribution >= 0.6 is 11.8 Å². The lowest BCUT2D eigenvalue weighted by Gasteiger charge is -2.17. The van der Waals surface area contributed by atoms with Gasteiger partial charge in [0.1, 0.15) is 0 Å². The van der Waals surface area contributed by atoms with Gasteiger partial charge in [0.15, 0.2) is 0 Å². The summed E-state index contributed by atoms with van der Waals surface area (Å²) in [5.74, 6) is 1.20. The summed E-state index contributed by atoms with van der Waals surface area (Å²) in [6.07, 6.45) is 2.04. The van der Waals surface area contributed by atoms with Crippen molar-refractivity contribution >= 4 is 17.7 Å². The van der Waals surface area contributed by atoms with E-state index >= 15 is 0 Å². The summed E-state index contributed by atoms with van der Waals surface area (Å²) in [5, 5.41) is 6.30. The fourth-order valence-electron chi connectivity index (χ4n) is 2.33. The molecule has 0 saturated carbocycles. The maximum absolute atomic E-state index is 12.0. The van der Waals surface area contributed by atoms with E-state index in [1.54, 1.807) is 0 Å². The van der Waals surface area contributed by atoms with E-state index in [0.29, 0.717) is 0 Å². The smallest absolute Gasteiger partial charge is 0.237 e. The molecule has 19 heavy (non-hydrogen) atoms. The Kier molecular flexibility index (Phi) is 5.28. The molecule has 0 radical (unpaired) electrons. The number of benzene rings is 1. The first-order chi connectivity index (χ1) is 9.20. The zero-order chi connectivity index (χ0) is 13.7. The summed E-state index contributed by atoms with van der Waals surface area (Å²) in [6, 6.07) is 8.52. The van der Waals surface area contributed by atoms with Gasteiger partial charge in [-0.05, 0) is 49.8 Å². The molecule has 1 heterocycles. The van der Waals surface area contributed by atoms with Gasteiger partial charge in [0.25, 0.3) is 0 Å². The molecule has 1 aliphatic heterocycles. The Morgan fingerprint density at radius 2 is 2.21 bits per heavy atom. The third-order valence-electron chi connectivity index (χ3n) is 3.43. The van der Waals surface area contributed by atoms with Gasteiger partial charge >= 0.3 is 0 Å². The molecular formula is C15H22N2OS. The van der Waals surface area contributed by atoms with Crippen LogP contribution in [0, 0.1) is 0 Å². The summed E-state index contributed by atoms with van der Waals surface area (Å²) in [6.45, 7) is 5.14. The van der Waals surface area contributed by atoms with Crippen molar-refractivity contribution in [3.05, 3.63) is 29.8 Å². The summed E-state index contributed by atoms with van der Waals surface area (Å²) < 4.78 is 0. The van der Waals surface area contributed by atoms with Crippen molar-refractivity contribution in [3.8, 4) is 0 Å². The van der Waals surface area contributed by atoms with E-state index in [4.69, 9.17) is 0 Å². The molecule has 0 bridgehead atoms. The van der Waals surface area contributed by atoms with Gasteiger partial charge in [-0.3, -0.25) is 4.79 Å². The molecule has 0 aromatic heterocycles. The second-order valence-corrected chi connectivity index (χ2v) is 6.22. The molecule has 2 N–H and O–H groups in total. The van der Waals surface area contributed by atoms with E-state index in [-0.39, 0.29) is 18.0 Å². The van der Waals surface area contributed by atoms with Crippen LogP contribution in [0.1, 0.15) is 38.3 Å². The number of thioether (sulfide) groups is 1. The van der Waals surface area contributed by atoms with Crippen LogP contribution in [0.15, 0.2) is 29.2 Å². The molecule has 1 aliphatic rings. The molecule has 1 amide bonds. The maximum atomic E-state index is 12.0. The van der Waals surface area contributed by atoms with Crippen molar-refractivity contribution in [3.63, 3.8) is 0 Å². The third-order valence-corrected chi connectivity index (χ3v) is 4.32. The Labute approximate surface area is 119 Å². The zero-order valence-electron chi connectivity index (χ0n) is 11.6. The topological polar surface area (TPSA) is 41.1 Å². The molecule has 1 fully saturated rings. The maximum Gasteiger partial charge on any atom is 0.237 e. The van der Waals surface area contributed by atoms with Crippen molar-refractivity contribution in [2.24, 2.45) is 0 Å². The van der Waals surface area contributed by atoms with Gasteiger partial charge in [0, 0.05) is 4.90 Å². The standard InChI is InChI=1S/C15H22N2OS/c1-3-19-13-8-6-12(7-9-13)11(2)17-15(18)14-5-4-10-16-14/h6-9,11,14,16H,3-5,10H2,1-2H3,(H,17,18). The van der Waals surface area contributed by atoms with Crippen LogP contribution in [0.4, 0.5) is 0 Å². The highest BCUT2D eigenvalue weighted by Crippen LogP contribution is 2.21. The van der Waals surface area contributed by atoms with E-state index in [0.717, 1.165) is 30.7 Å². The largest absolute Gasteiger partial charge is 0.348 e. The lowest BCUT2D eigenvalue weighted by molar-refractivity contribution is -0.123. The van der Waals surface area contributed by atoms with E-state index < -0.39 is 0 Å². The molecule has 4 heteroatoms. The Bertz CT molecular complexity index is 413. The summed E-state index contributed by atoms with van der Waals surface area (Å²) in [5.41, 5.74) is 1.16. The number of carbonyl (C=O) groups is 1. The van der Waals surface area contributed by atoms with Crippen molar-refractivity contribution < 1.29 is 4.79 Å². The highest BCUT2D eigenvalue weighted by atomic mass is 32.2. The van der Waals surface area contributed by atoms with Crippen LogP contribution in [0.25, 0.3) is 0 Å². The first-order valence-electron chi connectivity index (χ1n) is 6.97. The molecule has 0 spiro atoms. The lowest BCUT2D eigenvalue weighted by atomic mass is 10.1. The SMILES string of the molecule is CCSc1ccc(C(C)NC(=O)C2CCCN2)cc1. The first kappa shape index (κ1) is 14.4. The van der Waals surface area contributed by atoms with Crippen molar-refractivity contribution in [2.45, 2.75) is 43.7 Å². The highest BCUT2D eigenvalue weighted by molar-refractivity contribution is 7.99. The number of amides is 1. The average molecular weight is 278 g/mol. The molecule has 1 saturated heterocycles. The molecule has 1 aromatic rings. The van der Waals surface area contributed by atoms with Crippen LogP contribution in [0.3, 0.4) is 0 Å². The van der Waals surface area contributed by atoms with Crippen LogP contribution in [0.5, 0.6) is 0 Å². The van der Waals surface area contributed by atoms with Gasteiger partial charge in [-0.25, -0.2) is 0 Å². The molecule has 3 nitrogen and oxygen atoms in total. The highest BCUT2D eigenvalue weighted by Gasteiger charge is 2.23. The van der Waals surface area contributed by atoms with Gasteiger partial charge in [0.2, 0.25) is 5.91 Å². The lowest BCUT2D eigenvalue weighted by Crippen LogP contribution is -2.41. The predicted molar refractivity (Wildman–Crippen MR) is 80.4 cm³/mol. The molecule has 1 aromatic carbocycles. The van der Waals surface area contributed by atoms with Gasteiger partial charge in [0.05, 0.1) is 12.1 Å². The Morgan fingerprint density at radius 3 is 2.79 bits per heavy atom. The fraction of sp³-hybridized carbons (Fsp3) is 0.533. The van der Waals surface area contributed by atoms with E-state index in [9.17, 15) is 4.79 Å². The average Bonchev–Trinajstić information content (AvgIpc) is 2.94. The van der Waals surface area contributed by atoms with Crippen LogP contribution in [-0.4, -0.2) is 24.2 Å². The molecule has 2 atom stereocenters. The van der Waals surface area contributed by atoms with E-state index in [2.05, 4.69) is 41.8 Å². The third kappa shape index (κ3) is 3.98. The molecule has 2 unspecified atom stereocenters. The second kappa shape index (κ2) is 6.96. The Hall–Kier alpha value is -1.00. The molecular weight excluding hydrogens is 256 g/mol. The normalized spacial score (nSPS) is 20.2. The quantitative estimate of drug-likeness (QED) is 0.814. The minimum absolute atomic E-state index is 0.00244. The van der Waals surface area contributed by atoms with Crippen LogP contribution < -0.4 is 10.6 Å². The molecule has 0 aliphatic carbocycles. The Morgan fingerprint density at radius 1 is 1.47 bits per heavy atom. The zero-order valence-corrected chi connectivity index (χ0v) is 12.4. The Balaban J connectivity index is 1.91. The number of hydrogen-bond donors (Lipinski definition) is 2. The number of rotatable bonds is 5. The van der Waals surface area contributed by atoms with Gasteiger partial charge in [-0.15, -0.1) is 11.8 Å². The molecule has 2 rings (SSSR count). The first-order valence-corrected chi connectivity index (χ1v) is 7.95. The number of nitrogens with one attached hydrogen (secondary N) is 2. The predicted octanol–water partition coefficient (Wildman–Crippen LogP) is 2.73. The summed E-state index contributed by atoms with van der Waals surface area (Å²) in [7, 11) is 0. The van der Waals surface area contributed by atoms with Crippen molar-refractivity contribution in [2.75, 3.05) is 12.3 Å². The van der Waals surface area contributed by atoms with Crippen LogP contribution in [-0.2, 0) is 4.79 Å². The second-order valence-electron chi connectivity index (χ2n) is 4.88. The van der Waals surface area contributed by atoms with E-state index in [1.807, 2.05) is 18.7 Å². The summed E-state index contributed by atoms with van der Waals surface area (Å²) in [4.78, 5) is 13.3. The summed E-state index contributed by atoms with van der Waals surface area (Å²) >= 11 is 1.83. The van der Waals surface area contributed by atoms with Gasteiger partial charge < -0.3 is 10.6 Å². The minimum Gasteiger partial charge on any atom is -0.348 e. The monoisotopic (exact) mass is 278 g/mol. The number of hydrogen-bond acceptors (Lipinski definition) is 3. The van der Waals surface area contributed by atoms with Crippen molar-refractivity contribution in [1.29, 1.82) is 0 Å². The van der Waals surface area contributed by atoms with Gasteiger partial charge in [-0.2, -0.15) is 0 Å².